The summed E-state index contributed by atoms with van der Waals surface area (Å²) in [5, 5.41) is 9.55. The Morgan fingerprint density at radius 1 is 0.295 bits per heavy atom. The first kappa shape index (κ1) is 65.3. The van der Waals surface area contributed by atoms with Crippen molar-refractivity contribution < 1.29 is 21.1 Å². The number of pyridine rings is 4. The molecule has 512 valence electrons. The van der Waals surface area contributed by atoms with E-state index in [2.05, 4.69) is 346 Å². The monoisotopic (exact) mass is 1540 g/mol. The first-order valence-electron chi connectivity index (χ1n) is 36.0. The molecule has 0 saturated heterocycles. The van der Waals surface area contributed by atoms with Crippen LogP contribution in [0.3, 0.4) is 0 Å². The molecule has 0 radical (unpaired) electrons. The molecule has 2 aliphatic heterocycles. The molecule has 0 spiro atoms. The van der Waals surface area contributed by atoms with Crippen LogP contribution in [0.15, 0.2) is 280 Å². The second-order valence-corrected chi connectivity index (χ2v) is 31.0. The summed E-state index contributed by atoms with van der Waals surface area (Å²) in [6, 6.07) is 99.8. The van der Waals surface area contributed by atoms with Crippen LogP contribution in [0.1, 0.15) is 103 Å². The van der Waals surface area contributed by atoms with Crippen LogP contribution in [-0.4, -0.2) is 38.2 Å². The van der Waals surface area contributed by atoms with E-state index in [1.165, 1.54) is 77.1 Å². The van der Waals surface area contributed by atoms with E-state index in [1.807, 2.05) is 43.0 Å². The molecule has 0 aliphatic carbocycles. The van der Waals surface area contributed by atoms with Gasteiger partial charge in [-0.25, -0.2) is 19.9 Å². The van der Waals surface area contributed by atoms with Gasteiger partial charge >= 0.3 is 21.1 Å². The molecule has 0 bridgehead atoms. The van der Waals surface area contributed by atoms with Crippen molar-refractivity contribution in [3.63, 3.8) is 0 Å². The zero-order valence-corrected chi connectivity index (χ0v) is 62.6. The average molecular weight is 1540 g/mol. The van der Waals surface area contributed by atoms with Gasteiger partial charge in [-0.05, 0) is 164 Å². The number of rotatable bonds is 6. The van der Waals surface area contributed by atoms with Gasteiger partial charge in [0.1, 0.15) is 23.3 Å². The van der Waals surface area contributed by atoms with Crippen LogP contribution in [0.5, 0.6) is 0 Å². The fourth-order valence-corrected chi connectivity index (χ4v) is 16.8. The van der Waals surface area contributed by atoms with Gasteiger partial charge in [-0.3, -0.25) is 9.13 Å². The van der Waals surface area contributed by atoms with Gasteiger partial charge in [0.25, 0.3) is 0 Å². The summed E-state index contributed by atoms with van der Waals surface area (Å²) < 4.78 is 9.17. The van der Waals surface area contributed by atoms with Crippen LogP contribution >= 0.6 is 0 Å². The Morgan fingerprint density at radius 3 is 1.30 bits per heavy atom. The SMILES string of the molecule is CC(C)(C)c1ccnc(-n2c3[c-]c(N4c5[c-]c6c(cc5C(C)(C)c5ccccc54)c4ccccc4n6-c4ccccn4)ccc3c3ccccc32)c1.CC(C)(C)c1ccnc(-n2c3ccccc3c3ccc(N4c5ccccc5C(C)(C)c5cc6c7ccccc7n(-c7ccccn7)c6cc54)cc32)c1.[Pt+2]. The van der Waals surface area contributed by atoms with E-state index in [0.717, 1.165) is 101 Å². The van der Waals surface area contributed by atoms with E-state index in [9.17, 15) is 0 Å². The van der Waals surface area contributed by atoms with Gasteiger partial charge in [-0.15, -0.1) is 34.5 Å². The van der Waals surface area contributed by atoms with Crippen LogP contribution < -0.4 is 9.80 Å². The third-order valence-electron chi connectivity index (χ3n) is 22.1. The smallest absolute Gasteiger partial charge is 0.358 e. The van der Waals surface area contributed by atoms with Gasteiger partial charge in [0.2, 0.25) is 0 Å². The van der Waals surface area contributed by atoms with Gasteiger partial charge < -0.3 is 18.9 Å². The predicted octanol–water partition coefficient (Wildman–Crippen LogP) is 23.8. The predicted molar refractivity (Wildman–Crippen MR) is 430 cm³/mol. The summed E-state index contributed by atoms with van der Waals surface area (Å²) in [6.45, 7) is 22.9. The number of benzene rings is 10. The molecule has 10 nitrogen and oxygen atoms in total. The number of para-hydroxylation sites is 6. The first-order chi connectivity index (χ1) is 50.4. The molecule has 0 N–H and O–H groups in total. The maximum atomic E-state index is 4.96. The minimum Gasteiger partial charge on any atom is -0.358 e. The Bertz CT molecular complexity index is 6140. The maximum Gasteiger partial charge on any atom is 2.00 e. The second-order valence-electron chi connectivity index (χ2n) is 31.0. The zero-order valence-electron chi connectivity index (χ0n) is 60.3. The number of aromatic nitrogens is 8. The molecule has 2 aliphatic rings. The molecule has 0 atom stereocenters. The van der Waals surface area contributed by atoms with Crippen molar-refractivity contribution in [2.75, 3.05) is 9.80 Å². The largest absolute Gasteiger partial charge is 2.00 e. The number of anilines is 6. The van der Waals surface area contributed by atoms with E-state index in [4.69, 9.17) is 19.9 Å². The molecule has 11 heteroatoms. The van der Waals surface area contributed by atoms with E-state index < -0.39 is 0 Å². The molecule has 10 heterocycles. The van der Waals surface area contributed by atoms with E-state index in [1.54, 1.807) is 0 Å². The second kappa shape index (κ2) is 24.2. The van der Waals surface area contributed by atoms with Crippen LogP contribution in [0.2, 0.25) is 0 Å². The Balaban J connectivity index is 0.000000148. The first-order valence-corrected chi connectivity index (χ1v) is 36.0. The normalized spacial score (nSPS) is 13.8. The van der Waals surface area contributed by atoms with Crippen molar-refractivity contribution in [2.45, 2.75) is 90.9 Å². The number of nitrogens with zero attached hydrogens (tertiary/aromatic N) is 10. The minimum absolute atomic E-state index is 0. The summed E-state index contributed by atoms with van der Waals surface area (Å²) in [5.41, 5.74) is 22.4. The van der Waals surface area contributed by atoms with E-state index in [-0.39, 0.29) is 42.7 Å². The molecule has 0 amide bonds. The molecular formula is C94H76N10Pt. The molecule has 8 aromatic heterocycles. The van der Waals surface area contributed by atoms with Gasteiger partial charge in [-0.2, -0.15) is 12.1 Å². The molecule has 0 unspecified atom stereocenters. The summed E-state index contributed by atoms with van der Waals surface area (Å²) in [6.07, 6.45) is 7.61. The third-order valence-corrected chi connectivity index (χ3v) is 22.1. The van der Waals surface area contributed by atoms with Crippen molar-refractivity contribution in [1.29, 1.82) is 0 Å². The molecule has 10 aromatic carbocycles. The minimum atomic E-state index is -0.280. The molecule has 0 saturated carbocycles. The Morgan fingerprint density at radius 2 is 0.714 bits per heavy atom. The summed E-state index contributed by atoms with van der Waals surface area (Å²) in [5.74, 6) is 3.60. The Hall–Kier alpha value is -11.7. The quantitative estimate of drug-likeness (QED) is 0.154. The van der Waals surface area contributed by atoms with E-state index >= 15 is 0 Å². The van der Waals surface area contributed by atoms with Gasteiger partial charge in [-0.1, -0.05) is 219 Å². The van der Waals surface area contributed by atoms with Crippen LogP contribution in [0, 0.1) is 12.1 Å². The third kappa shape index (κ3) is 10.1. The van der Waals surface area contributed by atoms with Gasteiger partial charge in [0.05, 0.1) is 33.4 Å². The average Bonchev–Trinajstić information content (AvgIpc) is 1.68. The maximum absolute atomic E-state index is 4.96. The van der Waals surface area contributed by atoms with E-state index in [0.29, 0.717) is 0 Å². The van der Waals surface area contributed by atoms with Crippen molar-refractivity contribution in [3.05, 3.63) is 325 Å². The number of hydrogen-bond donors (Lipinski definition) is 0. The van der Waals surface area contributed by atoms with Crippen molar-refractivity contribution in [1.82, 2.24) is 38.2 Å². The molecular weight excluding hydrogens is 1460 g/mol. The molecule has 18 aromatic rings. The van der Waals surface area contributed by atoms with Crippen molar-refractivity contribution >= 4 is 121 Å². The number of hydrogen-bond acceptors (Lipinski definition) is 6. The Kier molecular flexibility index (Phi) is 15.1. The topological polar surface area (TPSA) is 77.8 Å². The Labute approximate surface area is 625 Å². The zero-order chi connectivity index (χ0) is 70.7. The fourth-order valence-electron chi connectivity index (χ4n) is 16.8. The summed E-state index contributed by atoms with van der Waals surface area (Å²) in [7, 11) is 0. The summed E-state index contributed by atoms with van der Waals surface area (Å²) >= 11 is 0. The molecule has 105 heavy (non-hydrogen) atoms. The summed E-state index contributed by atoms with van der Waals surface area (Å²) in [4.78, 5) is 24.4. The van der Waals surface area contributed by atoms with Gasteiger partial charge in [0.15, 0.2) is 0 Å². The molecule has 20 rings (SSSR count). The van der Waals surface area contributed by atoms with Gasteiger partial charge in [0, 0.05) is 74.2 Å². The van der Waals surface area contributed by atoms with Crippen molar-refractivity contribution in [3.8, 4) is 23.3 Å². The van der Waals surface area contributed by atoms with Crippen LogP contribution in [0.25, 0.3) is 110 Å². The standard InChI is InChI=1S/C47H39N5.C47H37N5.Pt/c2*1-46(2,3)30-23-25-49-45(26-30)52-38-17-9-6-14-32(38)34-22-21-31(27-41(34)52)50-40-19-11-8-16-36(40)47(4,5)37-28-35-33-15-7-10-18-39(33)51(42(35)29-43(37)50)44-20-12-13-24-48-44;/h6-29H,1-5H3;6-26,28H,1-5H3;/q;-2;+2. The number of fused-ring (bicyclic) bond motifs is 16. The fraction of sp³-hybridized carbons (Fsp3) is 0.149. The van der Waals surface area contributed by atoms with Crippen molar-refractivity contribution in [2.24, 2.45) is 0 Å². The van der Waals surface area contributed by atoms with Crippen LogP contribution in [-0.2, 0) is 42.7 Å². The van der Waals surface area contributed by atoms with Crippen LogP contribution in [0.4, 0.5) is 34.1 Å². The molecule has 0 fully saturated rings.